The minimum absolute atomic E-state index is 0.240. The van der Waals surface area contributed by atoms with Gasteiger partial charge in [-0.1, -0.05) is 6.92 Å². The quantitative estimate of drug-likeness (QED) is 0.746. The van der Waals surface area contributed by atoms with Gasteiger partial charge in [0.15, 0.2) is 0 Å². The largest absolute Gasteiger partial charge is 0.494 e. The molecule has 1 aliphatic rings. The first-order valence-corrected chi connectivity index (χ1v) is 8.35. The van der Waals surface area contributed by atoms with Gasteiger partial charge in [0.1, 0.15) is 11.6 Å². The predicted molar refractivity (Wildman–Crippen MR) is 88.2 cm³/mol. The average molecular weight is 325 g/mol. The van der Waals surface area contributed by atoms with Crippen molar-refractivity contribution in [2.75, 3.05) is 40.0 Å². The summed E-state index contributed by atoms with van der Waals surface area (Å²) in [4.78, 5) is 2.37. The molecule has 0 bridgehead atoms. The van der Waals surface area contributed by atoms with Crippen LogP contribution in [-0.2, 0) is 4.74 Å². The lowest BCUT2D eigenvalue weighted by Crippen LogP contribution is -2.51. The maximum Gasteiger partial charge on any atom is 0.123 e. The van der Waals surface area contributed by atoms with Crippen molar-refractivity contribution in [2.24, 2.45) is 5.92 Å². The van der Waals surface area contributed by atoms with Crippen LogP contribution in [0, 0.1) is 11.7 Å². The molecule has 0 radical (unpaired) electrons. The Balaban J connectivity index is 1.66. The van der Waals surface area contributed by atoms with Gasteiger partial charge in [-0.3, -0.25) is 0 Å². The van der Waals surface area contributed by atoms with Crippen molar-refractivity contribution in [1.29, 1.82) is 0 Å². The first kappa shape index (κ1) is 18.2. The molecule has 5 heteroatoms. The molecule has 1 N–H and O–H groups in total. The molecule has 130 valence electrons. The Bertz CT molecular complexity index is 468. The van der Waals surface area contributed by atoms with Crippen LogP contribution in [-0.4, -0.2) is 55.6 Å². The van der Waals surface area contributed by atoms with Gasteiger partial charge in [-0.05, 0) is 49.4 Å². The Labute approximate surface area is 138 Å². The number of hydrogen-bond donors (Lipinski definition) is 1. The maximum absolute atomic E-state index is 12.8. The molecular weight excluding hydrogens is 297 g/mol. The van der Waals surface area contributed by atoms with Crippen molar-refractivity contribution in [3.8, 4) is 5.75 Å². The average Bonchev–Trinajstić information content (AvgIpc) is 2.55. The third-order valence-electron chi connectivity index (χ3n) is 4.75. The van der Waals surface area contributed by atoms with Crippen LogP contribution in [0.5, 0.6) is 5.75 Å². The van der Waals surface area contributed by atoms with Gasteiger partial charge in [0.25, 0.3) is 0 Å². The van der Waals surface area contributed by atoms with Gasteiger partial charge in [0.05, 0.1) is 12.2 Å². The number of nitrogens with zero attached hydrogens (tertiary/aromatic N) is 1. The van der Waals surface area contributed by atoms with E-state index >= 15 is 0 Å². The summed E-state index contributed by atoms with van der Waals surface area (Å²) >= 11 is 0. The van der Waals surface area contributed by atoms with E-state index in [9.17, 15) is 9.50 Å². The number of piperidine rings is 1. The highest BCUT2D eigenvalue weighted by Crippen LogP contribution is 2.30. The lowest BCUT2D eigenvalue weighted by Gasteiger charge is -2.43. The Morgan fingerprint density at radius 1 is 1.30 bits per heavy atom. The van der Waals surface area contributed by atoms with E-state index in [1.807, 2.05) is 0 Å². The molecule has 1 fully saturated rings. The lowest BCUT2D eigenvalue weighted by atomic mass is 9.80. The molecule has 1 aromatic rings. The molecule has 1 saturated heterocycles. The molecule has 2 rings (SSSR count). The van der Waals surface area contributed by atoms with Gasteiger partial charge in [-0.15, -0.1) is 0 Å². The third kappa shape index (κ3) is 5.44. The van der Waals surface area contributed by atoms with Gasteiger partial charge < -0.3 is 19.5 Å². The van der Waals surface area contributed by atoms with Crippen LogP contribution in [0.1, 0.15) is 26.2 Å². The zero-order valence-corrected chi connectivity index (χ0v) is 14.1. The second-order valence-electron chi connectivity index (χ2n) is 6.45. The van der Waals surface area contributed by atoms with Gasteiger partial charge in [-0.25, -0.2) is 4.39 Å². The molecule has 0 aliphatic carbocycles. The van der Waals surface area contributed by atoms with Crippen LogP contribution >= 0.6 is 0 Å². The van der Waals surface area contributed by atoms with E-state index < -0.39 is 5.60 Å². The molecule has 1 aromatic carbocycles. The first-order valence-electron chi connectivity index (χ1n) is 8.35. The fourth-order valence-corrected chi connectivity index (χ4v) is 3.11. The molecule has 0 aromatic heterocycles. The molecule has 0 spiro atoms. The molecule has 23 heavy (non-hydrogen) atoms. The monoisotopic (exact) mass is 325 g/mol. The molecule has 0 saturated carbocycles. The van der Waals surface area contributed by atoms with E-state index in [0.717, 1.165) is 32.5 Å². The summed E-state index contributed by atoms with van der Waals surface area (Å²) in [5, 5.41) is 10.7. The van der Waals surface area contributed by atoms with Crippen molar-refractivity contribution in [3.63, 3.8) is 0 Å². The Morgan fingerprint density at radius 2 is 2.04 bits per heavy atom. The van der Waals surface area contributed by atoms with Crippen molar-refractivity contribution >= 4 is 0 Å². The Kier molecular flexibility index (Phi) is 6.81. The van der Waals surface area contributed by atoms with E-state index in [1.165, 1.54) is 12.1 Å². The number of hydrogen-bond acceptors (Lipinski definition) is 4. The summed E-state index contributed by atoms with van der Waals surface area (Å²) in [5.74, 6) is 0.692. The van der Waals surface area contributed by atoms with E-state index in [-0.39, 0.29) is 11.7 Å². The SMILES string of the molecule is COCC[C@]1(O)CCN(CCCOc2ccc(F)cc2)C[C@H]1C. The van der Waals surface area contributed by atoms with Crippen LogP contribution in [0.4, 0.5) is 4.39 Å². The highest BCUT2D eigenvalue weighted by molar-refractivity contribution is 5.21. The minimum Gasteiger partial charge on any atom is -0.494 e. The summed E-state index contributed by atoms with van der Waals surface area (Å²) in [6.45, 7) is 6.08. The Hall–Kier alpha value is -1.17. The minimum atomic E-state index is -0.600. The van der Waals surface area contributed by atoms with Crippen LogP contribution in [0.15, 0.2) is 24.3 Å². The van der Waals surface area contributed by atoms with Crippen molar-refractivity contribution in [1.82, 2.24) is 4.90 Å². The molecule has 0 unspecified atom stereocenters. The second kappa shape index (κ2) is 8.62. The van der Waals surface area contributed by atoms with E-state index in [4.69, 9.17) is 9.47 Å². The zero-order chi connectivity index (χ0) is 16.7. The third-order valence-corrected chi connectivity index (χ3v) is 4.75. The van der Waals surface area contributed by atoms with Crippen LogP contribution in [0.25, 0.3) is 0 Å². The fraction of sp³-hybridized carbons (Fsp3) is 0.667. The summed E-state index contributed by atoms with van der Waals surface area (Å²) in [7, 11) is 1.67. The smallest absolute Gasteiger partial charge is 0.123 e. The van der Waals surface area contributed by atoms with E-state index in [1.54, 1.807) is 19.2 Å². The second-order valence-corrected chi connectivity index (χ2v) is 6.45. The van der Waals surface area contributed by atoms with Crippen molar-refractivity contribution in [3.05, 3.63) is 30.1 Å². The van der Waals surface area contributed by atoms with Gasteiger partial charge in [-0.2, -0.15) is 0 Å². The number of methoxy groups -OCH3 is 1. The molecule has 4 nitrogen and oxygen atoms in total. The number of ether oxygens (including phenoxy) is 2. The van der Waals surface area contributed by atoms with E-state index in [0.29, 0.717) is 25.4 Å². The summed E-state index contributed by atoms with van der Waals surface area (Å²) in [5.41, 5.74) is -0.600. The van der Waals surface area contributed by atoms with Crippen molar-refractivity contribution < 1.29 is 19.0 Å². The van der Waals surface area contributed by atoms with Crippen LogP contribution in [0.3, 0.4) is 0 Å². The summed E-state index contributed by atoms with van der Waals surface area (Å²) in [6, 6.07) is 6.10. The number of aliphatic hydroxyl groups is 1. The molecular formula is C18H28FNO3. The number of benzene rings is 1. The standard InChI is InChI=1S/C18H28FNO3/c1-15-14-20(11-8-18(15,21)9-13-22-2)10-3-12-23-17-6-4-16(19)5-7-17/h4-7,15,21H,3,8-14H2,1-2H3/t15-,18-/m1/s1. The Morgan fingerprint density at radius 3 is 2.70 bits per heavy atom. The van der Waals surface area contributed by atoms with Gasteiger partial charge >= 0.3 is 0 Å². The van der Waals surface area contributed by atoms with Gasteiger partial charge in [0, 0.05) is 33.4 Å². The topological polar surface area (TPSA) is 41.9 Å². The van der Waals surface area contributed by atoms with Crippen molar-refractivity contribution in [2.45, 2.75) is 31.8 Å². The molecule has 2 atom stereocenters. The lowest BCUT2D eigenvalue weighted by molar-refractivity contribution is -0.0815. The number of rotatable bonds is 8. The fourth-order valence-electron chi connectivity index (χ4n) is 3.11. The zero-order valence-electron chi connectivity index (χ0n) is 14.1. The molecule has 1 aliphatic heterocycles. The summed E-state index contributed by atoms with van der Waals surface area (Å²) in [6.07, 6.45) is 2.41. The molecule has 0 amide bonds. The molecule has 1 heterocycles. The number of likely N-dealkylation sites (tertiary alicyclic amines) is 1. The predicted octanol–water partition coefficient (Wildman–Crippen LogP) is 2.70. The highest BCUT2D eigenvalue weighted by atomic mass is 19.1. The summed E-state index contributed by atoms with van der Waals surface area (Å²) < 4.78 is 23.5. The highest BCUT2D eigenvalue weighted by Gasteiger charge is 2.38. The normalized spacial score (nSPS) is 25.5. The van der Waals surface area contributed by atoms with Crippen LogP contribution < -0.4 is 4.74 Å². The first-order chi connectivity index (χ1) is 11.0. The van der Waals surface area contributed by atoms with E-state index in [2.05, 4.69) is 11.8 Å². The van der Waals surface area contributed by atoms with Gasteiger partial charge in [0.2, 0.25) is 0 Å². The van der Waals surface area contributed by atoms with Crippen LogP contribution in [0.2, 0.25) is 0 Å². The maximum atomic E-state index is 12.8. The number of halogens is 1.